The quantitative estimate of drug-likeness (QED) is 0.0966. The van der Waals surface area contributed by atoms with Crippen LogP contribution in [0, 0.1) is 0 Å². The van der Waals surface area contributed by atoms with E-state index in [4.69, 9.17) is 15.0 Å². The molecule has 0 amide bonds. The van der Waals surface area contributed by atoms with Gasteiger partial charge in [-0.05, 0) is 192 Å². The fourth-order valence-corrected chi connectivity index (χ4v) is 13.6. The normalized spacial score (nSPS) is 26.2. The zero-order valence-corrected chi connectivity index (χ0v) is 74.3. The maximum atomic E-state index is 13.8. The van der Waals surface area contributed by atoms with Gasteiger partial charge in [-0.1, -0.05) is 118 Å². The number of allylic oxidation sites excluding steroid dienone is 6. The molecule has 12 heterocycles. The number of hydrogen-bond acceptors (Lipinski definition) is 21. The summed E-state index contributed by atoms with van der Waals surface area (Å²) in [4.78, 5) is 27.9. The van der Waals surface area contributed by atoms with Gasteiger partial charge in [0.2, 0.25) is 0 Å². The second-order valence-corrected chi connectivity index (χ2v) is 34.7. The van der Waals surface area contributed by atoms with Crippen molar-refractivity contribution in [3.8, 4) is 0 Å². The number of nitrogens with zero attached hydrogens (tertiary/aromatic N) is 18. The molecular formula is C91H136F4N18O3. The predicted molar refractivity (Wildman–Crippen MR) is 468 cm³/mol. The van der Waals surface area contributed by atoms with E-state index < -0.39 is 28.5 Å². The molecule has 636 valence electrons. The molecule has 0 saturated heterocycles. The smallest absolute Gasteiger partial charge is 0.147 e. The number of hydrazine groups is 6. The van der Waals surface area contributed by atoms with E-state index in [1.165, 1.54) is 38.7 Å². The number of aliphatic hydroxyl groups is 3. The molecule has 6 aromatic rings. The fraction of sp³-hybridized carbons (Fsp3) is 0.538. The Kier molecular flexibility index (Phi) is 33.7. The first-order valence-corrected chi connectivity index (χ1v) is 40.6. The number of aromatic nitrogens is 6. The lowest BCUT2D eigenvalue weighted by Gasteiger charge is -2.30. The van der Waals surface area contributed by atoms with E-state index in [-0.39, 0.29) is 60.3 Å². The highest BCUT2D eigenvalue weighted by Gasteiger charge is 2.33. The van der Waals surface area contributed by atoms with Crippen LogP contribution in [0.25, 0.3) is 0 Å². The SMILES string of the molecule is C/C1=C(\C)CN(C)N(C)c2cccc(n2)C(C)(C)CC1.C/C1=C/CCC(C)(C)c2cccc(n2)N(C)N(C)C1.C/C1=C/CN(C)N(C)c2cccc(n2)C(C)(O)CC1.CN1C/C(F)=C(/F)CCC(C)(O)c2cccc(n2)N1C.CN1C/C(F)=C\CCC(C)(C)c2cccc(n2)N1C.CN1C/C=C(/F)CCC(C)(O)c2cccc(n2)N1C. The van der Waals surface area contributed by atoms with Crippen LogP contribution in [0.4, 0.5) is 52.5 Å². The third-order valence-corrected chi connectivity index (χ3v) is 23.4. The van der Waals surface area contributed by atoms with Crippen molar-refractivity contribution in [1.82, 2.24) is 60.0 Å². The number of anilines is 6. The Hall–Kier alpha value is -8.50. The monoisotopic (exact) mass is 1610 g/mol. The first-order chi connectivity index (χ1) is 54.2. The molecular weight excluding hydrogens is 1470 g/mol. The highest BCUT2D eigenvalue weighted by molar-refractivity contribution is 5.44. The molecule has 6 aromatic heterocycles. The molecule has 0 aliphatic carbocycles. The second kappa shape index (κ2) is 41.3. The van der Waals surface area contributed by atoms with Crippen LogP contribution in [-0.4, -0.2) is 199 Å². The van der Waals surface area contributed by atoms with Gasteiger partial charge in [0.05, 0.1) is 36.0 Å². The van der Waals surface area contributed by atoms with E-state index >= 15 is 0 Å². The highest BCUT2D eigenvalue weighted by Crippen LogP contribution is 2.37. The average molecular weight is 1610 g/mol. The van der Waals surface area contributed by atoms with Gasteiger partial charge in [-0.3, -0.25) is 30.1 Å². The minimum absolute atomic E-state index is 0.0451. The van der Waals surface area contributed by atoms with Crippen molar-refractivity contribution in [2.75, 3.05) is 154 Å². The minimum atomic E-state index is -1.29. The summed E-state index contributed by atoms with van der Waals surface area (Å²) in [6, 6.07) is 35.2. The van der Waals surface area contributed by atoms with Gasteiger partial charge >= 0.3 is 0 Å². The maximum absolute atomic E-state index is 13.8. The molecule has 3 atom stereocenters. The second-order valence-electron chi connectivity index (χ2n) is 34.7. The van der Waals surface area contributed by atoms with Crippen LogP contribution in [0.15, 0.2) is 179 Å². The summed E-state index contributed by atoms with van der Waals surface area (Å²) >= 11 is 0. The Balaban J connectivity index is 0.000000192. The molecule has 3 N–H and O–H groups in total. The van der Waals surface area contributed by atoms with Gasteiger partial charge in [0.15, 0.2) is 0 Å². The zero-order valence-electron chi connectivity index (χ0n) is 74.3. The van der Waals surface area contributed by atoms with E-state index in [1.54, 1.807) is 69.4 Å². The molecule has 6 aliphatic rings. The fourth-order valence-electron chi connectivity index (χ4n) is 13.6. The lowest BCUT2D eigenvalue weighted by atomic mass is 9.82. The summed E-state index contributed by atoms with van der Waals surface area (Å²) in [6.07, 6.45) is 16.0. The number of hydrogen-bond donors (Lipinski definition) is 3. The number of pyridine rings is 6. The summed E-state index contributed by atoms with van der Waals surface area (Å²) in [6.45, 7) is 30.7. The molecule has 0 aromatic carbocycles. The van der Waals surface area contributed by atoms with Crippen molar-refractivity contribution in [1.29, 1.82) is 0 Å². The van der Waals surface area contributed by atoms with Crippen LogP contribution in [-0.2, 0) is 33.0 Å². The molecule has 21 nitrogen and oxygen atoms in total. The summed E-state index contributed by atoms with van der Waals surface area (Å²) in [5.74, 6) is 3.13. The van der Waals surface area contributed by atoms with Crippen molar-refractivity contribution in [2.24, 2.45) is 0 Å². The van der Waals surface area contributed by atoms with Gasteiger partial charge in [0, 0.05) is 157 Å². The van der Waals surface area contributed by atoms with Crippen LogP contribution in [0.5, 0.6) is 0 Å². The van der Waals surface area contributed by atoms with Crippen LogP contribution in [0.1, 0.15) is 201 Å². The van der Waals surface area contributed by atoms with Gasteiger partial charge in [0.1, 0.15) is 69.2 Å². The lowest BCUT2D eigenvalue weighted by Crippen LogP contribution is -2.38. The Morgan fingerprint density at radius 2 is 0.603 bits per heavy atom. The van der Waals surface area contributed by atoms with Crippen molar-refractivity contribution in [3.63, 3.8) is 0 Å². The van der Waals surface area contributed by atoms with Crippen molar-refractivity contribution >= 4 is 34.9 Å². The highest BCUT2D eigenvalue weighted by atomic mass is 19.2. The number of halogens is 4. The molecule has 3 unspecified atom stereocenters. The van der Waals surface area contributed by atoms with E-state index in [1.807, 2.05) is 117 Å². The van der Waals surface area contributed by atoms with Gasteiger partial charge < -0.3 is 15.3 Å². The van der Waals surface area contributed by atoms with Crippen LogP contribution in [0.2, 0.25) is 0 Å². The summed E-state index contributed by atoms with van der Waals surface area (Å²) < 4.78 is 55.0. The van der Waals surface area contributed by atoms with Crippen molar-refractivity contribution < 1.29 is 32.9 Å². The molecule has 0 saturated carbocycles. The number of rotatable bonds is 0. The zero-order chi connectivity index (χ0) is 86.0. The van der Waals surface area contributed by atoms with E-state index in [2.05, 4.69) is 192 Å². The third-order valence-electron chi connectivity index (χ3n) is 23.4. The van der Waals surface area contributed by atoms with Gasteiger partial charge in [-0.2, -0.15) is 0 Å². The van der Waals surface area contributed by atoms with E-state index in [9.17, 15) is 32.9 Å². The van der Waals surface area contributed by atoms with Gasteiger partial charge in [-0.25, -0.2) is 77.5 Å². The summed E-state index contributed by atoms with van der Waals surface area (Å²) in [5.41, 5.74) is 7.76. The molecule has 0 radical (unpaired) electrons. The summed E-state index contributed by atoms with van der Waals surface area (Å²) in [5, 5.41) is 54.8. The van der Waals surface area contributed by atoms with Crippen molar-refractivity contribution in [2.45, 2.75) is 200 Å². The molecule has 6 aliphatic heterocycles. The predicted octanol–water partition coefficient (Wildman–Crippen LogP) is 17.5. The Labute approximate surface area is 691 Å². The van der Waals surface area contributed by atoms with Crippen LogP contribution >= 0.6 is 0 Å². The third kappa shape index (κ3) is 26.8. The topological polar surface area (TPSA) is 177 Å². The minimum Gasteiger partial charge on any atom is -0.384 e. The molecule has 116 heavy (non-hydrogen) atoms. The Morgan fingerprint density at radius 3 is 1.02 bits per heavy atom. The largest absolute Gasteiger partial charge is 0.384 e. The number of fused-ring (bicyclic) bond motifs is 12. The van der Waals surface area contributed by atoms with Gasteiger partial charge in [0.25, 0.3) is 0 Å². The average Bonchev–Trinajstić information content (AvgIpc) is 1.19. The molecule has 0 spiro atoms. The van der Waals surface area contributed by atoms with Crippen molar-refractivity contribution in [3.05, 3.63) is 213 Å². The molecule has 0 fully saturated rings. The standard InChI is InChI=1S/C17H27N3.C16H25N3.C15H22FN3.C15H23N3O.C14H19F2N3O.C14H20FN3O/c1-13-10-11-17(3,4)15-8-7-9-16(18-15)20(6)19(5)12-14(13)2;1-13-8-7-11-16(2,3)14-9-6-10-15(17-14)19(5)18(4)12-13;1-15(2)10-6-7-12(16)11-18(3)19(4)14-9-5-8-13(15)17-14;1-12-8-10-15(2,19)13-6-5-7-14(16-13)18(4)17(3)11-9-12;1-14(20)8-7-10(15)11(16)9-18(2)19(3)13-6-4-5-12(14)17-13;1-14(19)9-7-11(15)8-10-17(2)18(3)13-6-4-5-12(14)16-13/h7-9H,10-12H2,1-6H3;6,8-10H,7,11-12H2,1-5H3;5,7-9H,6,10-11H2,1-4H3;5-7,9,19H,8,10-11H2,1-4H3;4-6,20H,7-9H2,1-3H3;4-6,8,19H,7,9-10H2,1-3H3/b14-13-;13-8-;12-7+;12-9-;11-10-;11-8+. The maximum Gasteiger partial charge on any atom is 0.147 e. The number of likely N-dealkylation sites (N-methyl/N-ethyl adjacent to an activating group) is 6. The van der Waals surface area contributed by atoms with Gasteiger partial charge in [-0.15, -0.1) is 0 Å². The lowest BCUT2D eigenvalue weighted by molar-refractivity contribution is 0.0417. The van der Waals surface area contributed by atoms with Crippen LogP contribution in [0.3, 0.4) is 0 Å². The van der Waals surface area contributed by atoms with Crippen LogP contribution < -0.4 is 30.1 Å². The molecule has 25 heteroatoms. The van der Waals surface area contributed by atoms with E-state index in [0.29, 0.717) is 36.6 Å². The Morgan fingerprint density at radius 1 is 0.284 bits per heavy atom. The van der Waals surface area contributed by atoms with E-state index in [0.717, 1.165) is 105 Å². The summed E-state index contributed by atoms with van der Waals surface area (Å²) in [7, 11) is 23.3. The molecule has 12 bridgehead atoms. The molecule has 12 rings (SSSR count). The first-order valence-electron chi connectivity index (χ1n) is 40.6. The Bertz CT molecular complexity index is 4130. The first kappa shape index (κ1) is 94.6.